The van der Waals surface area contributed by atoms with Crippen molar-refractivity contribution >= 4 is 11.9 Å². The van der Waals surface area contributed by atoms with Gasteiger partial charge in [-0.2, -0.15) is 0 Å². The molecule has 0 saturated heterocycles. The molecule has 0 radical (unpaired) electrons. The average molecular weight is 263 g/mol. The highest BCUT2D eigenvalue weighted by Gasteiger charge is 2.06. The van der Waals surface area contributed by atoms with Crippen molar-refractivity contribution in [1.29, 1.82) is 0 Å². The Hall–Kier alpha value is -2.30. The lowest BCUT2D eigenvalue weighted by atomic mass is 10.0. The summed E-state index contributed by atoms with van der Waals surface area (Å²) in [4.78, 5) is 21.8. The fraction of sp³-hybridized carbons (Fsp3) is 0.286. The summed E-state index contributed by atoms with van der Waals surface area (Å²) in [5.74, 6) is -1.29. The molecule has 0 atom stereocenters. The van der Waals surface area contributed by atoms with E-state index >= 15 is 0 Å². The highest BCUT2D eigenvalue weighted by molar-refractivity contribution is 5.82. The SMILES string of the molecule is COC(=O)/C=C(\C)NCc1ccccc1CC(=O)O. The van der Waals surface area contributed by atoms with E-state index in [0.717, 1.165) is 11.1 Å². The van der Waals surface area contributed by atoms with Gasteiger partial charge in [0.1, 0.15) is 0 Å². The first-order chi connectivity index (χ1) is 9.02. The van der Waals surface area contributed by atoms with E-state index in [1.807, 2.05) is 12.1 Å². The van der Waals surface area contributed by atoms with Crippen LogP contribution in [0.3, 0.4) is 0 Å². The topological polar surface area (TPSA) is 75.6 Å². The van der Waals surface area contributed by atoms with E-state index in [1.54, 1.807) is 19.1 Å². The minimum Gasteiger partial charge on any atom is -0.481 e. The predicted molar refractivity (Wildman–Crippen MR) is 70.4 cm³/mol. The molecule has 1 aromatic carbocycles. The molecular formula is C14H17NO4. The molecule has 1 rings (SSSR count). The van der Waals surface area contributed by atoms with E-state index in [4.69, 9.17) is 5.11 Å². The van der Waals surface area contributed by atoms with Crippen LogP contribution in [0.15, 0.2) is 36.0 Å². The number of ether oxygens (including phenoxy) is 1. The Kier molecular flexibility index (Phi) is 5.60. The Balaban J connectivity index is 2.70. The highest BCUT2D eigenvalue weighted by atomic mass is 16.5. The summed E-state index contributed by atoms with van der Waals surface area (Å²) in [5.41, 5.74) is 2.31. The second-order valence-corrected chi connectivity index (χ2v) is 4.04. The molecule has 2 N–H and O–H groups in total. The van der Waals surface area contributed by atoms with Crippen molar-refractivity contribution in [3.05, 3.63) is 47.2 Å². The first-order valence-corrected chi connectivity index (χ1v) is 5.81. The van der Waals surface area contributed by atoms with Crippen LogP contribution in [-0.4, -0.2) is 24.2 Å². The second kappa shape index (κ2) is 7.20. The minimum absolute atomic E-state index is 0.0163. The Bertz CT molecular complexity index is 494. The zero-order valence-corrected chi connectivity index (χ0v) is 11.0. The van der Waals surface area contributed by atoms with Gasteiger partial charge in [-0.1, -0.05) is 24.3 Å². The zero-order valence-electron chi connectivity index (χ0n) is 11.0. The van der Waals surface area contributed by atoms with Crippen LogP contribution in [0, 0.1) is 0 Å². The summed E-state index contributed by atoms with van der Waals surface area (Å²) >= 11 is 0. The summed E-state index contributed by atoms with van der Waals surface area (Å²) in [6.07, 6.45) is 1.33. The van der Waals surface area contributed by atoms with E-state index in [0.29, 0.717) is 12.2 Å². The molecule has 0 fully saturated rings. The number of benzene rings is 1. The number of carboxylic acids is 1. The number of hydrogen-bond acceptors (Lipinski definition) is 4. The van der Waals surface area contributed by atoms with Gasteiger partial charge in [0.25, 0.3) is 0 Å². The van der Waals surface area contributed by atoms with Gasteiger partial charge in [-0.15, -0.1) is 0 Å². The van der Waals surface area contributed by atoms with Crippen molar-refractivity contribution in [3.63, 3.8) is 0 Å². The largest absolute Gasteiger partial charge is 0.481 e. The predicted octanol–water partition coefficient (Wildman–Crippen LogP) is 1.48. The number of methoxy groups -OCH3 is 1. The third-order valence-corrected chi connectivity index (χ3v) is 2.55. The van der Waals surface area contributed by atoms with Crippen LogP contribution >= 0.6 is 0 Å². The smallest absolute Gasteiger partial charge is 0.332 e. The first kappa shape index (κ1) is 14.8. The van der Waals surface area contributed by atoms with Crippen LogP contribution in [0.2, 0.25) is 0 Å². The van der Waals surface area contributed by atoms with Gasteiger partial charge in [0, 0.05) is 18.3 Å². The molecule has 102 valence electrons. The standard InChI is InChI=1S/C14H17NO4/c1-10(7-14(18)19-2)15-9-12-6-4-3-5-11(12)8-13(16)17/h3-7,15H,8-9H2,1-2H3,(H,16,17)/b10-7+. The normalized spacial score (nSPS) is 10.9. The maximum absolute atomic E-state index is 11.0. The monoisotopic (exact) mass is 263 g/mol. The molecule has 0 aromatic heterocycles. The molecule has 19 heavy (non-hydrogen) atoms. The number of carbonyl (C=O) groups excluding carboxylic acids is 1. The lowest BCUT2D eigenvalue weighted by Crippen LogP contribution is -2.14. The Morgan fingerprint density at radius 3 is 2.53 bits per heavy atom. The van der Waals surface area contributed by atoms with Gasteiger partial charge in [-0.3, -0.25) is 4.79 Å². The number of esters is 1. The summed E-state index contributed by atoms with van der Waals surface area (Å²) in [7, 11) is 1.31. The van der Waals surface area contributed by atoms with E-state index < -0.39 is 11.9 Å². The summed E-state index contributed by atoms with van der Waals surface area (Å²) < 4.78 is 4.52. The number of allylic oxidation sites excluding steroid dienone is 1. The molecule has 5 heteroatoms. The Morgan fingerprint density at radius 2 is 1.95 bits per heavy atom. The second-order valence-electron chi connectivity index (χ2n) is 4.04. The molecule has 1 aromatic rings. The van der Waals surface area contributed by atoms with Crippen LogP contribution < -0.4 is 5.32 Å². The summed E-state index contributed by atoms with van der Waals surface area (Å²) in [6.45, 7) is 2.21. The Morgan fingerprint density at radius 1 is 1.32 bits per heavy atom. The van der Waals surface area contributed by atoms with Crippen molar-refractivity contribution in [1.82, 2.24) is 5.32 Å². The lowest BCUT2D eigenvalue weighted by molar-refractivity contribution is -0.136. The molecule has 0 aliphatic carbocycles. The molecule has 0 aliphatic heterocycles. The molecule has 0 amide bonds. The number of aliphatic carboxylic acids is 1. The van der Waals surface area contributed by atoms with E-state index in [9.17, 15) is 9.59 Å². The molecule has 0 spiro atoms. The number of rotatable bonds is 6. The van der Waals surface area contributed by atoms with E-state index in [2.05, 4.69) is 10.1 Å². The fourth-order valence-electron chi connectivity index (χ4n) is 1.59. The van der Waals surface area contributed by atoms with Crippen molar-refractivity contribution in [3.8, 4) is 0 Å². The highest BCUT2D eigenvalue weighted by Crippen LogP contribution is 2.10. The van der Waals surface area contributed by atoms with Gasteiger partial charge in [0.2, 0.25) is 0 Å². The van der Waals surface area contributed by atoms with Gasteiger partial charge >= 0.3 is 11.9 Å². The van der Waals surface area contributed by atoms with Crippen molar-refractivity contribution in [2.45, 2.75) is 19.9 Å². The number of carbonyl (C=O) groups is 2. The molecule has 0 bridgehead atoms. The van der Waals surface area contributed by atoms with Crippen LogP contribution in [0.1, 0.15) is 18.1 Å². The quantitative estimate of drug-likeness (QED) is 0.600. The van der Waals surface area contributed by atoms with Gasteiger partial charge in [0.05, 0.1) is 13.5 Å². The van der Waals surface area contributed by atoms with Crippen LogP contribution in [-0.2, 0) is 27.3 Å². The van der Waals surface area contributed by atoms with E-state index in [-0.39, 0.29) is 6.42 Å². The van der Waals surface area contributed by atoms with Gasteiger partial charge in [0.15, 0.2) is 0 Å². The molecule has 0 aliphatic rings. The van der Waals surface area contributed by atoms with Crippen LogP contribution in [0.4, 0.5) is 0 Å². The van der Waals surface area contributed by atoms with Crippen molar-refractivity contribution < 1.29 is 19.4 Å². The first-order valence-electron chi connectivity index (χ1n) is 5.81. The Labute approximate surface area is 111 Å². The van der Waals surface area contributed by atoms with E-state index in [1.165, 1.54) is 13.2 Å². The van der Waals surface area contributed by atoms with Crippen molar-refractivity contribution in [2.24, 2.45) is 0 Å². The molecule has 0 unspecified atom stereocenters. The maximum atomic E-state index is 11.0. The third-order valence-electron chi connectivity index (χ3n) is 2.55. The maximum Gasteiger partial charge on any atom is 0.332 e. The zero-order chi connectivity index (χ0) is 14.3. The van der Waals surface area contributed by atoms with Crippen LogP contribution in [0.5, 0.6) is 0 Å². The van der Waals surface area contributed by atoms with Gasteiger partial charge in [-0.05, 0) is 18.1 Å². The van der Waals surface area contributed by atoms with Gasteiger partial charge < -0.3 is 15.2 Å². The molecule has 5 nitrogen and oxygen atoms in total. The van der Waals surface area contributed by atoms with Gasteiger partial charge in [-0.25, -0.2) is 4.79 Å². The summed E-state index contributed by atoms with van der Waals surface area (Å²) in [5, 5.41) is 11.9. The average Bonchev–Trinajstić information content (AvgIpc) is 2.37. The lowest BCUT2D eigenvalue weighted by Gasteiger charge is -2.10. The minimum atomic E-state index is -0.866. The molecule has 0 heterocycles. The molecule has 0 saturated carbocycles. The summed E-state index contributed by atoms with van der Waals surface area (Å²) in [6, 6.07) is 7.29. The number of hydrogen-bond donors (Lipinski definition) is 2. The number of carboxylic acid groups (broad SMARTS) is 1. The third kappa shape index (κ3) is 5.25. The number of nitrogens with one attached hydrogen (secondary N) is 1. The fourth-order valence-corrected chi connectivity index (χ4v) is 1.59. The van der Waals surface area contributed by atoms with Crippen molar-refractivity contribution in [2.75, 3.05) is 7.11 Å². The molecular weight excluding hydrogens is 246 g/mol. The van der Waals surface area contributed by atoms with Crippen LogP contribution in [0.25, 0.3) is 0 Å².